The summed E-state index contributed by atoms with van der Waals surface area (Å²) < 4.78 is 10.7. The molecule has 3 heteroatoms. The minimum atomic E-state index is -0.0549. The van der Waals surface area contributed by atoms with E-state index < -0.39 is 0 Å². The number of rotatable bonds is 6. The standard InChI is InChI=1S/C12H16O3/c1-3-4-8-15-12-10(9-13)6-5-7-11(12)14-2/h3,5-7,13H,1,4,8-9H2,2H3. The Labute approximate surface area is 90.0 Å². The van der Waals surface area contributed by atoms with Crippen LogP contribution in [0.5, 0.6) is 11.5 Å². The minimum Gasteiger partial charge on any atom is -0.493 e. The summed E-state index contributed by atoms with van der Waals surface area (Å²) in [7, 11) is 1.58. The Morgan fingerprint density at radius 2 is 2.27 bits per heavy atom. The highest BCUT2D eigenvalue weighted by molar-refractivity contribution is 5.46. The van der Waals surface area contributed by atoms with Crippen LogP contribution in [0.1, 0.15) is 12.0 Å². The lowest BCUT2D eigenvalue weighted by atomic mass is 10.2. The maximum absolute atomic E-state index is 9.14. The molecule has 1 rings (SSSR count). The van der Waals surface area contributed by atoms with Crippen molar-refractivity contribution in [3.8, 4) is 11.5 Å². The smallest absolute Gasteiger partial charge is 0.166 e. The largest absolute Gasteiger partial charge is 0.493 e. The lowest BCUT2D eigenvalue weighted by Gasteiger charge is -2.13. The summed E-state index contributed by atoms with van der Waals surface area (Å²) in [5.74, 6) is 1.26. The van der Waals surface area contributed by atoms with E-state index in [-0.39, 0.29) is 6.61 Å². The fraction of sp³-hybridized carbons (Fsp3) is 0.333. The number of methoxy groups -OCH3 is 1. The Morgan fingerprint density at radius 1 is 1.47 bits per heavy atom. The van der Waals surface area contributed by atoms with Gasteiger partial charge in [0.1, 0.15) is 0 Å². The van der Waals surface area contributed by atoms with Crippen LogP contribution in [0.2, 0.25) is 0 Å². The van der Waals surface area contributed by atoms with E-state index in [0.717, 1.165) is 12.0 Å². The van der Waals surface area contributed by atoms with Crippen LogP contribution in [0.4, 0.5) is 0 Å². The van der Waals surface area contributed by atoms with E-state index in [9.17, 15) is 0 Å². The van der Waals surface area contributed by atoms with Crippen LogP contribution in [0.3, 0.4) is 0 Å². The molecular formula is C12H16O3. The molecule has 0 aromatic heterocycles. The highest BCUT2D eigenvalue weighted by atomic mass is 16.5. The summed E-state index contributed by atoms with van der Waals surface area (Å²) in [6, 6.07) is 5.44. The molecule has 0 saturated carbocycles. The summed E-state index contributed by atoms with van der Waals surface area (Å²) in [4.78, 5) is 0. The summed E-state index contributed by atoms with van der Waals surface area (Å²) >= 11 is 0. The molecule has 0 spiro atoms. The van der Waals surface area contributed by atoms with Gasteiger partial charge in [-0.25, -0.2) is 0 Å². The van der Waals surface area contributed by atoms with Gasteiger partial charge in [0.25, 0.3) is 0 Å². The third-order valence-electron chi connectivity index (χ3n) is 2.02. The number of aliphatic hydroxyl groups excluding tert-OH is 1. The predicted molar refractivity (Wildman–Crippen MR) is 59.2 cm³/mol. The molecule has 0 unspecified atom stereocenters. The summed E-state index contributed by atoms with van der Waals surface area (Å²) in [6.45, 7) is 4.10. The van der Waals surface area contributed by atoms with Crippen LogP contribution >= 0.6 is 0 Å². The molecule has 1 aromatic carbocycles. The third-order valence-corrected chi connectivity index (χ3v) is 2.02. The summed E-state index contributed by atoms with van der Waals surface area (Å²) in [5.41, 5.74) is 0.735. The van der Waals surface area contributed by atoms with Crippen molar-refractivity contribution in [3.63, 3.8) is 0 Å². The van der Waals surface area contributed by atoms with E-state index >= 15 is 0 Å². The van der Waals surface area contributed by atoms with Crippen molar-refractivity contribution in [1.29, 1.82) is 0 Å². The van der Waals surface area contributed by atoms with Crippen LogP contribution in [-0.4, -0.2) is 18.8 Å². The Hall–Kier alpha value is -1.48. The quantitative estimate of drug-likeness (QED) is 0.575. The normalized spacial score (nSPS) is 9.73. The molecule has 82 valence electrons. The molecule has 0 aliphatic heterocycles. The van der Waals surface area contributed by atoms with Crippen LogP contribution in [-0.2, 0) is 6.61 Å². The van der Waals surface area contributed by atoms with Gasteiger partial charge in [0.15, 0.2) is 11.5 Å². The Balaban J connectivity index is 2.84. The van der Waals surface area contributed by atoms with Gasteiger partial charge in [-0.1, -0.05) is 18.2 Å². The zero-order valence-corrected chi connectivity index (χ0v) is 8.90. The topological polar surface area (TPSA) is 38.7 Å². The Bertz CT molecular complexity index is 298. The molecule has 0 fully saturated rings. The molecule has 0 atom stereocenters. The third kappa shape index (κ3) is 2.99. The van der Waals surface area contributed by atoms with Crippen LogP contribution in [0.25, 0.3) is 0 Å². The van der Waals surface area contributed by atoms with Crippen LogP contribution < -0.4 is 9.47 Å². The van der Waals surface area contributed by atoms with Crippen molar-refractivity contribution in [2.45, 2.75) is 13.0 Å². The van der Waals surface area contributed by atoms with Gasteiger partial charge in [-0.05, 0) is 12.5 Å². The van der Waals surface area contributed by atoms with Crippen molar-refractivity contribution in [2.75, 3.05) is 13.7 Å². The number of hydrogen-bond acceptors (Lipinski definition) is 3. The van der Waals surface area contributed by atoms with Crippen molar-refractivity contribution in [3.05, 3.63) is 36.4 Å². The number of hydrogen-bond donors (Lipinski definition) is 1. The maximum atomic E-state index is 9.14. The SMILES string of the molecule is C=CCCOc1c(CO)cccc1OC. The monoisotopic (exact) mass is 208 g/mol. The predicted octanol–water partition coefficient (Wildman–Crippen LogP) is 2.14. The molecular weight excluding hydrogens is 192 g/mol. The second kappa shape index (κ2) is 6.09. The Morgan fingerprint density at radius 3 is 2.87 bits per heavy atom. The second-order valence-electron chi connectivity index (χ2n) is 3.03. The molecule has 0 amide bonds. The fourth-order valence-electron chi connectivity index (χ4n) is 1.25. The molecule has 0 aliphatic carbocycles. The van der Waals surface area contributed by atoms with Gasteiger partial charge < -0.3 is 14.6 Å². The number of aliphatic hydroxyl groups is 1. The van der Waals surface area contributed by atoms with Gasteiger partial charge in [-0.2, -0.15) is 0 Å². The van der Waals surface area contributed by atoms with E-state index in [1.165, 1.54) is 0 Å². The molecule has 0 heterocycles. The number of ether oxygens (including phenoxy) is 2. The number of benzene rings is 1. The zero-order valence-electron chi connectivity index (χ0n) is 8.90. The number of para-hydroxylation sites is 1. The van der Waals surface area contributed by atoms with Crippen LogP contribution in [0.15, 0.2) is 30.9 Å². The van der Waals surface area contributed by atoms with E-state index in [0.29, 0.717) is 18.1 Å². The highest BCUT2D eigenvalue weighted by Crippen LogP contribution is 2.31. The molecule has 1 N–H and O–H groups in total. The summed E-state index contributed by atoms with van der Waals surface area (Å²) in [6.07, 6.45) is 2.55. The van der Waals surface area contributed by atoms with E-state index in [2.05, 4.69) is 6.58 Å². The average molecular weight is 208 g/mol. The molecule has 1 aromatic rings. The minimum absolute atomic E-state index is 0.0549. The molecule has 0 bridgehead atoms. The first kappa shape index (κ1) is 11.6. The van der Waals surface area contributed by atoms with Crippen molar-refractivity contribution >= 4 is 0 Å². The maximum Gasteiger partial charge on any atom is 0.166 e. The summed E-state index contributed by atoms with van der Waals surface area (Å²) in [5, 5.41) is 9.14. The lowest BCUT2D eigenvalue weighted by Crippen LogP contribution is -2.01. The van der Waals surface area contributed by atoms with E-state index in [1.807, 2.05) is 18.2 Å². The molecule has 0 saturated heterocycles. The van der Waals surface area contributed by atoms with Gasteiger partial charge in [0.2, 0.25) is 0 Å². The van der Waals surface area contributed by atoms with Gasteiger partial charge in [0, 0.05) is 5.56 Å². The van der Waals surface area contributed by atoms with Crippen molar-refractivity contribution in [2.24, 2.45) is 0 Å². The molecule has 3 nitrogen and oxygen atoms in total. The Kier molecular flexibility index (Phi) is 4.71. The van der Waals surface area contributed by atoms with Gasteiger partial charge in [-0.15, -0.1) is 6.58 Å². The van der Waals surface area contributed by atoms with Crippen LogP contribution in [0, 0.1) is 0 Å². The van der Waals surface area contributed by atoms with Crippen molar-refractivity contribution < 1.29 is 14.6 Å². The lowest BCUT2D eigenvalue weighted by molar-refractivity contribution is 0.257. The van der Waals surface area contributed by atoms with Crippen molar-refractivity contribution in [1.82, 2.24) is 0 Å². The second-order valence-corrected chi connectivity index (χ2v) is 3.03. The first-order valence-electron chi connectivity index (χ1n) is 4.84. The highest BCUT2D eigenvalue weighted by Gasteiger charge is 2.08. The zero-order chi connectivity index (χ0) is 11.1. The fourth-order valence-corrected chi connectivity index (χ4v) is 1.25. The molecule has 0 aliphatic rings. The molecule has 15 heavy (non-hydrogen) atoms. The average Bonchev–Trinajstić information content (AvgIpc) is 2.29. The van der Waals surface area contributed by atoms with E-state index in [4.69, 9.17) is 14.6 Å². The molecule has 0 radical (unpaired) electrons. The van der Waals surface area contributed by atoms with Gasteiger partial charge >= 0.3 is 0 Å². The van der Waals surface area contributed by atoms with E-state index in [1.54, 1.807) is 13.2 Å². The first-order chi connectivity index (χ1) is 7.33. The first-order valence-corrected chi connectivity index (χ1v) is 4.84. The van der Waals surface area contributed by atoms with Gasteiger partial charge in [-0.3, -0.25) is 0 Å². The van der Waals surface area contributed by atoms with Gasteiger partial charge in [0.05, 0.1) is 20.3 Å².